The lowest BCUT2D eigenvalue weighted by molar-refractivity contribution is -0.143. The number of methoxy groups -OCH3 is 1. The topological polar surface area (TPSA) is 88.1 Å². The van der Waals surface area contributed by atoms with Gasteiger partial charge in [-0.1, -0.05) is 0 Å². The number of nitrogens with one attached hydrogen (secondary N) is 1. The minimum Gasteiger partial charge on any atom is -0.481 e. The van der Waals surface area contributed by atoms with Gasteiger partial charge in [-0.15, -0.1) is 0 Å². The number of rotatable bonds is 3. The van der Waals surface area contributed by atoms with Gasteiger partial charge in [-0.3, -0.25) is 4.79 Å². The van der Waals surface area contributed by atoms with Gasteiger partial charge in [-0.25, -0.2) is 4.79 Å². The van der Waals surface area contributed by atoms with E-state index in [1.165, 1.54) is 0 Å². The van der Waals surface area contributed by atoms with E-state index in [1.807, 2.05) is 0 Å². The van der Waals surface area contributed by atoms with Gasteiger partial charge in [0.2, 0.25) is 0 Å². The van der Waals surface area contributed by atoms with Crippen molar-refractivity contribution in [1.29, 1.82) is 0 Å². The van der Waals surface area contributed by atoms with Crippen LogP contribution in [0.15, 0.2) is 0 Å². The fourth-order valence-electron chi connectivity index (χ4n) is 2.51. The van der Waals surface area contributed by atoms with Crippen molar-refractivity contribution in [2.75, 3.05) is 33.4 Å². The summed E-state index contributed by atoms with van der Waals surface area (Å²) in [5.74, 6) is -1.30. The number of ether oxygens (including phenoxy) is 2. The van der Waals surface area contributed by atoms with E-state index < -0.39 is 11.9 Å². The zero-order chi connectivity index (χ0) is 13.8. The first-order chi connectivity index (χ1) is 9.11. The molecular weight excluding hydrogens is 252 g/mol. The molecule has 0 spiro atoms. The molecule has 2 fully saturated rings. The lowest BCUT2D eigenvalue weighted by Gasteiger charge is -2.32. The van der Waals surface area contributed by atoms with Gasteiger partial charge in [0.1, 0.15) is 6.10 Å². The summed E-state index contributed by atoms with van der Waals surface area (Å²) in [6, 6.07) is -0.397. The van der Waals surface area contributed by atoms with E-state index in [-0.39, 0.29) is 24.7 Å². The Morgan fingerprint density at radius 1 is 1.42 bits per heavy atom. The van der Waals surface area contributed by atoms with Gasteiger partial charge in [0.15, 0.2) is 0 Å². The summed E-state index contributed by atoms with van der Waals surface area (Å²) in [7, 11) is 1.58. The van der Waals surface area contributed by atoms with Crippen molar-refractivity contribution in [3.05, 3.63) is 0 Å². The molecular formula is C12H20N2O5. The van der Waals surface area contributed by atoms with Gasteiger partial charge in [0.25, 0.3) is 0 Å². The maximum atomic E-state index is 12.1. The van der Waals surface area contributed by atoms with Gasteiger partial charge < -0.3 is 24.8 Å². The molecule has 2 heterocycles. The van der Waals surface area contributed by atoms with E-state index in [0.717, 1.165) is 6.42 Å². The molecule has 2 rings (SSSR count). The van der Waals surface area contributed by atoms with Crippen LogP contribution in [0, 0.1) is 5.92 Å². The van der Waals surface area contributed by atoms with E-state index in [0.29, 0.717) is 26.2 Å². The predicted molar refractivity (Wildman–Crippen MR) is 65.9 cm³/mol. The van der Waals surface area contributed by atoms with Crippen molar-refractivity contribution in [2.45, 2.75) is 25.0 Å². The Morgan fingerprint density at radius 2 is 2.21 bits per heavy atom. The molecule has 2 N–H and O–H groups in total. The molecule has 19 heavy (non-hydrogen) atoms. The summed E-state index contributed by atoms with van der Waals surface area (Å²) in [5.41, 5.74) is 0. The first-order valence-electron chi connectivity index (χ1n) is 6.50. The zero-order valence-corrected chi connectivity index (χ0v) is 11.0. The average Bonchev–Trinajstić information content (AvgIpc) is 2.86. The van der Waals surface area contributed by atoms with Crippen LogP contribution < -0.4 is 5.32 Å². The van der Waals surface area contributed by atoms with Gasteiger partial charge in [-0.2, -0.15) is 0 Å². The Hall–Kier alpha value is -1.34. The molecule has 0 saturated carbocycles. The number of carboxylic acid groups (broad SMARTS) is 1. The molecule has 2 aliphatic rings. The van der Waals surface area contributed by atoms with Crippen molar-refractivity contribution < 1.29 is 24.2 Å². The highest BCUT2D eigenvalue weighted by molar-refractivity contribution is 5.76. The fraction of sp³-hybridized carbons (Fsp3) is 0.833. The van der Waals surface area contributed by atoms with Crippen molar-refractivity contribution in [3.63, 3.8) is 0 Å². The summed E-state index contributed by atoms with van der Waals surface area (Å²) in [6.45, 7) is 1.77. The number of carbonyl (C=O) groups is 2. The second kappa shape index (κ2) is 6.21. The van der Waals surface area contributed by atoms with Crippen LogP contribution in [0.5, 0.6) is 0 Å². The van der Waals surface area contributed by atoms with E-state index >= 15 is 0 Å². The smallest absolute Gasteiger partial charge is 0.317 e. The highest BCUT2D eigenvalue weighted by atomic mass is 16.5. The Kier molecular flexibility index (Phi) is 4.60. The number of nitrogens with zero attached hydrogens (tertiary/aromatic N) is 1. The van der Waals surface area contributed by atoms with E-state index in [4.69, 9.17) is 14.6 Å². The number of carbonyl (C=O) groups excluding carboxylic acids is 1. The molecule has 108 valence electrons. The highest BCUT2D eigenvalue weighted by Crippen LogP contribution is 2.17. The second-order valence-corrected chi connectivity index (χ2v) is 4.99. The third kappa shape index (κ3) is 3.36. The van der Waals surface area contributed by atoms with Crippen molar-refractivity contribution in [2.24, 2.45) is 5.92 Å². The summed E-state index contributed by atoms with van der Waals surface area (Å²) in [5, 5.41) is 11.9. The quantitative estimate of drug-likeness (QED) is 0.749. The normalized spacial score (nSPS) is 31.2. The highest BCUT2D eigenvalue weighted by Gasteiger charge is 2.33. The summed E-state index contributed by atoms with van der Waals surface area (Å²) >= 11 is 0. The number of carboxylic acids is 1. The number of urea groups is 1. The molecule has 3 atom stereocenters. The molecule has 0 aromatic carbocycles. The number of amides is 2. The van der Waals surface area contributed by atoms with Gasteiger partial charge >= 0.3 is 12.0 Å². The maximum absolute atomic E-state index is 12.1. The van der Waals surface area contributed by atoms with Crippen LogP contribution >= 0.6 is 0 Å². The molecule has 0 bridgehead atoms. The number of hydrogen-bond donors (Lipinski definition) is 2. The number of piperidine rings is 1. The van der Waals surface area contributed by atoms with Crippen LogP contribution in [0.25, 0.3) is 0 Å². The van der Waals surface area contributed by atoms with Crippen molar-refractivity contribution in [3.8, 4) is 0 Å². The number of aliphatic carboxylic acids is 1. The average molecular weight is 272 g/mol. The van der Waals surface area contributed by atoms with Gasteiger partial charge in [0.05, 0.1) is 25.2 Å². The first-order valence-corrected chi connectivity index (χ1v) is 6.50. The number of likely N-dealkylation sites (tertiary alicyclic amines) is 1. The first kappa shape index (κ1) is 14.1. The predicted octanol–water partition coefficient (Wildman–Crippen LogP) is -0.0936. The lowest BCUT2D eigenvalue weighted by atomic mass is 9.99. The van der Waals surface area contributed by atoms with Crippen LogP contribution in [0.1, 0.15) is 12.8 Å². The molecule has 0 aromatic heterocycles. The van der Waals surface area contributed by atoms with E-state index in [1.54, 1.807) is 12.0 Å². The second-order valence-electron chi connectivity index (χ2n) is 4.99. The van der Waals surface area contributed by atoms with Gasteiger partial charge in [-0.05, 0) is 12.8 Å². The molecule has 2 amide bonds. The summed E-state index contributed by atoms with van der Waals surface area (Å²) in [6.07, 6.45) is 1.22. The maximum Gasteiger partial charge on any atom is 0.317 e. The SMILES string of the molecule is CO[C@@H]1COC[C@@H]1NC(=O)N1CCCC(C(=O)O)C1. The van der Waals surface area contributed by atoms with Crippen LogP contribution in [-0.4, -0.2) is 67.6 Å². The molecule has 1 unspecified atom stereocenters. The number of hydrogen-bond acceptors (Lipinski definition) is 4. The Morgan fingerprint density at radius 3 is 2.89 bits per heavy atom. The van der Waals surface area contributed by atoms with Crippen LogP contribution in [0.3, 0.4) is 0 Å². The molecule has 2 saturated heterocycles. The Labute approximate surface area is 111 Å². The fourth-order valence-corrected chi connectivity index (χ4v) is 2.51. The van der Waals surface area contributed by atoms with Crippen molar-refractivity contribution in [1.82, 2.24) is 10.2 Å². The van der Waals surface area contributed by atoms with Gasteiger partial charge in [0, 0.05) is 20.2 Å². The molecule has 7 nitrogen and oxygen atoms in total. The van der Waals surface area contributed by atoms with Crippen molar-refractivity contribution >= 4 is 12.0 Å². The van der Waals surface area contributed by atoms with Crippen LogP contribution in [-0.2, 0) is 14.3 Å². The molecule has 0 aliphatic carbocycles. The minimum atomic E-state index is -0.837. The summed E-state index contributed by atoms with van der Waals surface area (Å²) in [4.78, 5) is 24.6. The zero-order valence-electron chi connectivity index (χ0n) is 11.0. The molecule has 2 aliphatic heterocycles. The molecule has 7 heteroatoms. The largest absolute Gasteiger partial charge is 0.481 e. The van der Waals surface area contributed by atoms with E-state index in [9.17, 15) is 9.59 Å². The summed E-state index contributed by atoms with van der Waals surface area (Å²) < 4.78 is 10.5. The minimum absolute atomic E-state index is 0.135. The standard InChI is InChI=1S/C12H20N2O5/c1-18-10-7-19-6-9(10)13-12(17)14-4-2-3-8(5-14)11(15)16/h8-10H,2-7H2,1H3,(H,13,17)(H,15,16)/t8?,9-,10+/m0/s1. The van der Waals surface area contributed by atoms with Crippen LogP contribution in [0.4, 0.5) is 4.79 Å². The third-order valence-corrected chi connectivity index (χ3v) is 3.70. The Bertz CT molecular complexity index is 349. The Balaban J connectivity index is 1.87. The molecule has 0 aromatic rings. The lowest BCUT2D eigenvalue weighted by Crippen LogP contribution is -2.52. The van der Waals surface area contributed by atoms with Crippen LogP contribution in [0.2, 0.25) is 0 Å². The monoisotopic (exact) mass is 272 g/mol. The van der Waals surface area contributed by atoms with E-state index in [2.05, 4.69) is 5.32 Å². The molecule has 0 radical (unpaired) electrons. The third-order valence-electron chi connectivity index (χ3n) is 3.70.